The molecule has 1 saturated heterocycles. The smallest absolute Gasteiger partial charge is 0.339 e. The number of aliphatic hydroxyl groups excluding tert-OH is 1. The van der Waals surface area contributed by atoms with Gasteiger partial charge in [-0.25, -0.2) is 14.4 Å². The second-order valence-corrected chi connectivity index (χ2v) is 9.89. The fourth-order valence-electron chi connectivity index (χ4n) is 4.95. The minimum Gasteiger partial charge on any atom is -0.504 e. The fraction of sp³-hybridized carbons (Fsp3) is 0.250. The quantitative estimate of drug-likeness (QED) is 0.103. The van der Waals surface area contributed by atoms with E-state index in [0.717, 1.165) is 37.4 Å². The number of carbonyl (C=O) groups is 3. The Morgan fingerprint density at radius 3 is 1.84 bits per heavy atom. The molecule has 2 aliphatic rings. The van der Waals surface area contributed by atoms with Crippen LogP contribution < -0.4 is 4.74 Å². The number of fused-ring (bicyclic) bond motifs is 3. The maximum absolute atomic E-state index is 13.0. The van der Waals surface area contributed by atoms with Crippen molar-refractivity contribution in [3.05, 3.63) is 52.6 Å². The molecule has 17 heteroatoms. The van der Waals surface area contributed by atoms with E-state index >= 15 is 0 Å². The molecular weight excluding hydrogens is 608 g/mol. The van der Waals surface area contributed by atoms with Crippen molar-refractivity contribution in [1.29, 1.82) is 0 Å². The number of aromatic hydroxyl groups is 8. The fourth-order valence-corrected chi connectivity index (χ4v) is 4.95. The van der Waals surface area contributed by atoms with Gasteiger partial charge >= 0.3 is 17.9 Å². The number of esters is 3. The Bertz CT molecular complexity index is 1670. The predicted molar refractivity (Wildman–Crippen MR) is 142 cm³/mol. The number of phenols is 8. The van der Waals surface area contributed by atoms with Gasteiger partial charge in [0.15, 0.2) is 58.2 Å². The summed E-state index contributed by atoms with van der Waals surface area (Å²) in [5.41, 5.74) is -1.59. The highest BCUT2D eigenvalue weighted by Gasteiger charge is 2.54. The van der Waals surface area contributed by atoms with Gasteiger partial charge in [0.1, 0.15) is 24.9 Å². The standard InChI is InChI=1S/C28H24O17/c1-41-22-15(33)6-10-17(20(22)36)24-25(45-28(10)40)21(37)23(44-27(39)9-4-13(31)19(35)14(32)5-9)16(43-24)7-42-26(38)8-2-11(29)18(34)12(30)3-8/h2-6,16,21,23-25,29-37H,7H2,1H3. The van der Waals surface area contributed by atoms with Gasteiger partial charge in [0.2, 0.25) is 5.75 Å². The molecule has 2 aliphatic heterocycles. The van der Waals surface area contributed by atoms with E-state index in [-0.39, 0.29) is 11.1 Å². The van der Waals surface area contributed by atoms with Gasteiger partial charge in [-0.1, -0.05) is 0 Å². The summed E-state index contributed by atoms with van der Waals surface area (Å²) in [5.74, 6) is -10.7. The number of methoxy groups -OCH3 is 1. The van der Waals surface area contributed by atoms with Gasteiger partial charge in [-0.05, 0) is 30.3 Å². The third kappa shape index (κ3) is 5.30. The molecule has 0 aliphatic carbocycles. The van der Waals surface area contributed by atoms with Crippen LogP contribution in [-0.2, 0) is 18.9 Å². The number of hydrogen-bond donors (Lipinski definition) is 9. The molecule has 5 unspecified atom stereocenters. The zero-order chi connectivity index (χ0) is 32.9. The van der Waals surface area contributed by atoms with Crippen LogP contribution in [0.5, 0.6) is 51.7 Å². The predicted octanol–water partition coefficient (Wildman–Crippen LogP) is 0.762. The molecule has 2 heterocycles. The molecule has 0 bridgehead atoms. The number of phenolic OH excluding ortho intramolecular Hbond substituents is 8. The Kier molecular flexibility index (Phi) is 7.73. The minimum absolute atomic E-state index is 0.284. The molecule has 3 aromatic carbocycles. The van der Waals surface area contributed by atoms with E-state index in [1.807, 2.05) is 0 Å². The molecule has 45 heavy (non-hydrogen) atoms. The molecule has 17 nitrogen and oxygen atoms in total. The molecular formula is C28H24O17. The van der Waals surface area contributed by atoms with Crippen LogP contribution in [0.25, 0.3) is 0 Å². The van der Waals surface area contributed by atoms with Gasteiger partial charge in [-0.2, -0.15) is 0 Å². The third-order valence-corrected chi connectivity index (χ3v) is 7.12. The number of benzene rings is 3. The number of ether oxygens (including phenoxy) is 5. The second kappa shape index (κ2) is 11.4. The number of rotatable bonds is 6. The lowest BCUT2D eigenvalue weighted by atomic mass is 9.86. The van der Waals surface area contributed by atoms with Crippen molar-refractivity contribution in [3.8, 4) is 51.7 Å². The van der Waals surface area contributed by atoms with E-state index < -0.39 is 118 Å². The molecule has 5 rings (SSSR count). The largest absolute Gasteiger partial charge is 0.504 e. The van der Waals surface area contributed by atoms with E-state index in [4.69, 9.17) is 23.7 Å². The van der Waals surface area contributed by atoms with Crippen molar-refractivity contribution in [2.75, 3.05) is 13.7 Å². The van der Waals surface area contributed by atoms with Crippen molar-refractivity contribution in [3.63, 3.8) is 0 Å². The second-order valence-electron chi connectivity index (χ2n) is 9.89. The van der Waals surface area contributed by atoms with Crippen molar-refractivity contribution >= 4 is 17.9 Å². The topological polar surface area (TPSA) is 279 Å². The third-order valence-electron chi connectivity index (χ3n) is 7.12. The van der Waals surface area contributed by atoms with E-state index in [2.05, 4.69) is 0 Å². The number of hydrogen-bond acceptors (Lipinski definition) is 17. The molecule has 0 aromatic heterocycles. The summed E-state index contributed by atoms with van der Waals surface area (Å²) in [7, 11) is 1.12. The molecule has 1 fully saturated rings. The Balaban J connectivity index is 1.50. The first-order chi connectivity index (χ1) is 21.2. The van der Waals surface area contributed by atoms with Crippen molar-refractivity contribution in [1.82, 2.24) is 0 Å². The van der Waals surface area contributed by atoms with Crippen molar-refractivity contribution in [2.24, 2.45) is 0 Å². The van der Waals surface area contributed by atoms with Crippen LogP contribution in [0.3, 0.4) is 0 Å². The average molecular weight is 632 g/mol. The summed E-state index contributed by atoms with van der Waals surface area (Å²) in [6, 6.07) is 3.96. The van der Waals surface area contributed by atoms with Crippen LogP contribution in [0.2, 0.25) is 0 Å². The number of aliphatic hydroxyl groups is 1. The lowest BCUT2D eigenvalue weighted by Gasteiger charge is -2.45. The monoisotopic (exact) mass is 632 g/mol. The van der Waals surface area contributed by atoms with E-state index in [1.54, 1.807) is 0 Å². The van der Waals surface area contributed by atoms with Crippen molar-refractivity contribution < 1.29 is 84.0 Å². The zero-order valence-corrected chi connectivity index (χ0v) is 22.8. The van der Waals surface area contributed by atoms with Crippen LogP contribution in [0, 0.1) is 0 Å². The van der Waals surface area contributed by atoms with Gasteiger partial charge in [-0.15, -0.1) is 0 Å². The van der Waals surface area contributed by atoms with Crippen LogP contribution in [0.15, 0.2) is 30.3 Å². The van der Waals surface area contributed by atoms with Gasteiger partial charge in [0, 0.05) is 5.56 Å². The highest BCUT2D eigenvalue weighted by atomic mass is 16.6. The minimum atomic E-state index is -1.95. The van der Waals surface area contributed by atoms with Crippen molar-refractivity contribution in [2.45, 2.75) is 30.5 Å². The SMILES string of the molecule is COc1c(O)cc2c(c1O)C1OC(COC(=O)c3cc(O)c(O)c(O)c3)C(OC(=O)c3cc(O)c(O)c(O)c3)C(O)C1OC2=O. The Hall–Kier alpha value is -5.81. The lowest BCUT2D eigenvalue weighted by Crippen LogP contribution is -2.59. The molecule has 0 amide bonds. The van der Waals surface area contributed by atoms with E-state index in [0.29, 0.717) is 0 Å². The van der Waals surface area contributed by atoms with Gasteiger partial charge in [0.05, 0.1) is 23.8 Å². The van der Waals surface area contributed by atoms with Gasteiger partial charge in [-0.3, -0.25) is 0 Å². The normalized spacial score (nSPS) is 22.0. The van der Waals surface area contributed by atoms with E-state index in [1.165, 1.54) is 0 Å². The maximum atomic E-state index is 13.0. The highest BCUT2D eigenvalue weighted by Crippen LogP contribution is 2.50. The molecule has 3 aromatic rings. The van der Waals surface area contributed by atoms with Crippen LogP contribution >= 0.6 is 0 Å². The first kappa shape index (κ1) is 30.6. The van der Waals surface area contributed by atoms with Crippen LogP contribution in [0.4, 0.5) is 0 Å². The summed E-state index contributed by atoms with van der Waals surface area (Å²) in [6.07, 6.45) is -8.57. The van der Waals surface area contributed by atoms with Crippen LogP contribution in [0.1, 0.15) is 42.7 Å². The van der Waals surface area contributed by atoms with Crippen LogP contribution in [-0.4, -0.2) is 102 Å². The Labute approximate surface area is 250 Å². The number of carbonyl (C=O) groups excluding carboxylic acids is 3. The summed E-state index contributed by atoms with van der Waals surface area (Å²) in [5, 5.41) is 90.6. The lowest BCUT2D eigenvalue weighted by molar-refractivity contribution is -0.235. The van der Waals surface area contributed by atoms with Gasteiger partial charge in [0.25, 0.3) is 0 Å². The van der Waals surface area contributed by atoms with E-state index in [9.17, 15) is 60.3 Å². The first-order valence-corrected chi connectivity index (χ1v) is 12.8. The molecule has 0 radical (unpaired) electrons. The Morgan fingerprint density at radius 1 is 0.778 bits per heavy atom. The molecule has 9 N–H and O–H groups in total. The zero-order valence-electron chi connectivity index (χ0n) is 22.8. The average Bonchev–Trinajstić information content (AvgIpc) is 2.99. The molecule has 0 saturated carbocycles. The first-order valence-electron chi connectivity index (χ1n) is 12.8. The summed E-state index contributed by atoms with van der Waals surface area (Å²) in [6.45, 7) is -0.829. The molecule has 238 valence electrons. The summed E-state index contributed by atoms with van der Waals surface area (Å²) < 4.78 is 26.8. The Morgan fingerprint density at radius 2 is 1.31 bits per heavy atom. The summed E-state index contributed by atoms with van der Waals surface area (Å²) >= 11 is 0. The van der Waals surface area contributed by atoms with Gasteiger partial charge < -0.3 is 69.6 Å². The highest BCUT2D eigenvalue weighted by molar-refractivity contribution is 5.95. The molecule has 5 atom stereocenters. The maximum Gasteiger partial charge on any atom is 0.339 e. The summed E-state index contributed by atoms with van der Waals surface area (Å²) in [4.78, 5) is 38.6. The molecule has 0 spiro atoms.